The van der Waals surface area contributed by atoms with Gasteiger partial charge in [-0.1, -0.05) is 19.1 Å². The molecule has 100 valence electrons. The molecule has 2 aromatic rings. The summed E-state index contributed by atoms with van der Waals surface area (Å²) in [6.07, 6.45) is 4.85. The van der Waals surface area contributed by atoms with Crippen molar-refractivity contribution in [2.24, 2.45) is 11.7 Å². The average molecular weight is 258 g/mol. The zero-order valence-electron chi connectivity index (χ0n) is 11.1. The average Bonchev–Trinajstić information content (AvgIpc) is 2.38. The van der Waals surface area contributed by atoms with Gasteiger partial charge in [-0.2, -0.15) is 0 Å². The molecule has 1 aromatic heterocycles. The zero-order chi connectivity index (χ0) is 13.4. The topological polar surface area (TPSA) is 38.9 Å². The van der Waals surface area contributed by atoms with Crippen molar-refractivity contribution in [1.29, 1.82) is 0 Å². The fraction of sp³-hybridized carbons (Fsp3) is 0.438. The minimum atomic E-state index is -0.243. The van der Waals surface area contributed by atoms with Crippen molar-refractivity contribution >= 4 is 10.9 Å². The summed E-state index contributed by atoms with van der Waals surface area (Å²) in [6, 6.07) is 7.54. The molecule has 3 rings (SSSR count). The van der Waals surface area contributed by atoms with Gasteiger partial charge in [0.2, 0.25) is 0 Å². The molecule has 3 unspecified atom stereocenters. The Labute approximate surface area is 112 Å². The van der Waals surface area contributed by atoms with Crippen LogP contribution in [0.4, 0.5) is 4.39 Å². The van der Waals surface area contributed by atoms with E-state index in [1.165, 1.54) is 11.6 Å². The van der Waals surface area contributed by atoms with Crippen molar-refractivity contribution in [2.75, 3.05) is 0 Å². The van der Waals surface area contributed by atoms with E-state index in [2.05, 4.69) is 11.9 Å². The first kappa shape index (κ1) is 12.5. The quantitative estimate of drug-likeness (QED) is 0.848. The third-order valence-electron chi connectivity index (χ3n) is 4.17. The summed E-state index contributed by atoms with van der Waals surface area (Å²) >= 11 is 0. The molecule has 2 N–H and O–H groups in total. The Morgan fingerprint density at radius 1 is 1.21 bits per heavy atom. The molecule has 3 heteroatoms. The molecule has 0 radical (unpaired) electrons. The molecular weight excluding hydrogens is 239 g/mol. The Balaban J connectivity index is 2.07. The minimum absolute atomic E-state index is 0.243. The number of pyridine rings is 1. The molecule has 3 atom stereocenters. The van der Waals surface area contributed by atoms with Gasteiger partial charge in [0.05, 0.1) is 0 Å². The number of nitrogens with two attached hydrogens (primary N) is 1. The van der Waals surface area contributed by atoms with Gasteiger partial charge in [0.15, 0.2) is 0 Å². The summed E-state index contributed by atoms with van der Waals surface area (Å²) in [5.41, 5.74) is 7.82. The number of benzene rings is 1. The molecule has 0 aliphatic heterocycles. The summed E-state index contributed by atoms with van der Waals surface area (Å²) in [5.74, 6) is 0.809. The molecule has 2 nitrogen and oxygen atoms in total. The monoisotopic (exact) mass is 258 g/mol. The number of hydrogen-bond donors (Lipinski definition) is 1. The lowest BCUT2D eigenvalue weighted by Crippen LogP contribution is -2.31. The minimum Gasteiger partial charge on any atom is -0.328 e. The molecular formula is C16H19FN2. The summed E-state index contributed by atoms with van der Waals surface area (Å²) in [7, 11) is 0. The fourth-order valence-corrected chi connectivity index (χ4v) is 3.43. The number of hydrogen-bond acceptors (Lipinski definition) is 2. The van der Waals surface area contributed by atoms with Crippen LogP contribution in [-0.2, 0) is 0 Å². The van der Waals surface area contributed by atoms with Crippen LogP contribution in [0.1, 0.15) is 37.7 Å². The van der Waals surface area contributed by atoms with Gasteiger partial charge in [-0.25, -0.2) is 4.39 Å². The summed E-state index contributed by atoms with van der Waals surface area (Å²) in [4.78, 5) is 4.17. The van der Waals surface area contributed by atoms with Gasteiger partial charge in [0.1, 0.15) is 11.3 Å². The first-order chi connectivity index (χ1) is 9.15. The lowest BCUT2D eigenvalue weighted by molar-refractivity contribution is 0.309. The van der Waals surface area contributed by atoms with E-state index >= 15 is 0 Å². The molecule has 0 saturated heterocycles. The van der Waals surface area contributed by atoms with Crippen LogP contribution < -0.4 is 5.73 Å². The highest BCUT2D eigenvalue weighted by atomic mass is 19.1. The van der Waals surface area contributed by atoms with Crippen LogP contribution in [0.5, 0.6) is 0 Å². The lowest BCUT2D eigenvalue weighted by atomic mass is 9.76. The van der Waals surface area contributed by atoms with E-state index in [9.17, 15) is 4.39 Å². The maximum absolute atomic E-state index is 13.8. The third kappa shape index (κ3) is 2.35. The van der Waals surface area contributed by atoms with Crippen LogP contribution in [0.15, 0.2) is 30.5 Å². The van der Waals surface area contributed by atoms with Crippen LogP contribution in [0, 0.1) is 11.7 Å². The van der Waals surface area contributed by atoms with E-state index in [0.29, 0.717) is 17.4 Å². The first-order valence-corrected chi connectivity index (χ1v) is 6.94. The zero-order valence-corrected chi connectivity index (χ0v) is 11.1. The largest absolute Gasteiger partial charge is 0.328 e. The van der Waals surface area contributed by atoms with Gasteiger partial charge in [-0.05, 0) is 48.8 Å². The van der Waals surface area contributed by atoms with E-state index in [0.717, 1.165) is 24.6 Å². The van der Waals surface area contributed by atoms with E-state index in [1.807, 2.05) is 18.2 Å². The van der Waals surface area contributed by atoms with Gasteiger partial charge in [0, 0.05) is 17.6 Å². The highest BCUT2D eigenvalue weighted by Gasteiger charge is 2.26. The normalized spacial score (nSPS) is 27.6. The van der Waals surface area contributed by atoms with Crippen molar-refractivity contribution in [2.45, 2.75) is 38.1 Å². The molecule has 1 aliphatic carbocycles. The Hall–Kier alpha value is -1.48. The summed E-state index contributed by atoms with van der Waals surface area (Å²) in [6.45, 7) is 2.25. The number of rotatable bonds is 1. The number of nitrogens with zero attached hydrogens (tertiary/aromatic N) is 1. The number of halogens is 1. The molecule has 1 heterocycles. The van der Waals surface area contributed by atoms with Gasteiger partial charge in [0.25, 0.3) is 0 Å². The van der Waals surface area contributed by atoms with E-state index in [4.69, 9.17) is 5.73 Å². The van der Waals surface area contributed by atoms with Crippen molar-refractivity contribution in [3.05, 3.63) is 41.8 Å². The Bertz CT molecular complexity index is 586. The SMILES string of the molecule is CC1CC(N)CC(c2ccc(F)c3ncccc23)C1. The summed E-state index contributed by atoms with van der Waals surface area (Å²) < 4.78 is 13.8. The molecule has 1 aliphatic rings. The predicted octanol–water partition coefficient (Wildman–Crippen LogP) is 3.60. The van der Waals surface area contributed by atoms with Crippen molar-refractivity contribution < 1.29 is 4.39 Å². The van der Waals surface area contributed by atoms with Crippen LogP contribution >= 0.6 is 0 Å². The molecule has 0 amide bonds. The van der Waals surface area contributed by atoms with Gasteiger partial charge < -0.3 is 5.73 Å². The van der Waals surface area contributed by atoms with E-state index in [1.54, 1.807) is 6.20 Å². The van der Waals surface area contributed by atoms with Crippen LogP contribution in [0.25, 0.3) is 10.9 Å². The molecule has 1 fully saturated rings. The Morgan fingerprint density at radius 2 is 2.05 bits per heavy atom. The molecule has 1 saturated carbocycles. The van der Waals surface area contributed by atoms with Crippen LogP contribution in [0.2, 0.25) is 0 Å². The maximum atomic E-state index is 13.8. The highest BCUT2D eigenvalue weighted by molar-refractivity contribution is 5.83. The smallest absolute Gasteiger partial charge is 0.149 e. The van der Waals surface area contributed by atoms with Crippen molar-refractivity contribution in [3.8, 4) is 0 Å². The van der Waals surface area contributed by atoms with E-state index < -0.39 is 0 Å². The van der Waals surface area contributed by atoms with Crippen molar-refractivity contribution in [3.63, 3.8) is 0 Å². The van der Waals surface area contributed by atoms with Gasteiger partial charge >= 0.3 is 0 Å². The number of aromatic nitrogens is 1. The molecule has 19 heavy (non-hydrogen) atoms. The second kappa shape index (κ2) is 4.89. The Morgan fingerprint density at radius 3 is 2.84 bits per heavy atom. The summed E-state index contributed by atoms with van der Waals surface area (Å²) in [5, 5.41) is 0.939. The predicted molar refractivity (Wildman–Crippen MR) is 75.4 cm³/mol. The fourth-order valence-electron chi connectivity index (χ4n) is 3.43. The van der Waals surface area contributed by atoms with Gasteiger partial charge in [-0.15, -0.1) is 0 Å². The molecule has 1 aromatic carbocycles. The van der Waals surface area contributed by atoms with Gasteiger partial charge in [-0.3, -0.25) is 4.98 Å². The molecule has 0 spiro atoms. The first-order valence-electron chi connectivity index (χ1n) is 6.94. The van der Waals surface area contributed by atoms with E-state index in [-0.39, 0.29) is 11.9 Å². The lowest BCUT2D eigenvalue weighted by Gasteiger charge is -2.32. The van der Waals surface area contributed by atoms with Crippen LogP contribution in [-0.4, -0.2) is 11.0 Å². The van der Waals surface area contributed by atoms with Crippen LogP contribution in [0.3, 0.4) is 0 Å². The third-order valence-corrected chi connectivity index (χ3v) is 4.17. The highest BCUT2D eigenvalue weighted by Crippen LogP contribution is 2.38. The van der Waals surface area contributed by atoms with Crippen molar-refractivity contribution in [1.82, 2.24) is 4.98 Å². The second-order valence-electron chi connectivity index (χ2n) is 5.81. The second-order valence-corrected chi connectivity index (χ2v) is 5.81. The standard InChI is InChI=1S/C16H19FN2/c1-10-7-11(9-12(18)8-10)13-4-5-15(17)16-14(13)3-2-6-19-16/h2-6,10-12H,7-9,18H2,1H3. The molecule has 0 bridgehead atoms. The number of fused-ring (bicyclic) bond motifs is 1. The maximum Gasteiger partial charge on any atom is 0.149 e. The Kier molecular flexibility index (Phi) is 3.23.